The molecule has 144 valence electrons. The highest BCUT2D eigenvalue weighted by Gasteiger charge is 2.24. The second-order valence-electron chi connectivity index (χ2n) is 6.85. The maximum absolute atomic E-state index is 13.3. The number of hydrogen-bond donors (Lipinski definition) is 2. The molecule has 0 saturated heterocycles. The summed E-state index contributed by atoms with van der Waals surface area (Å²) in [7, 11) is 0. The number of nitrogens with one attached hydrogen (secondary N) is 1. The van der Waals surface area contributed by atoms with Gasteiger partial charge in [-0.1, -0.05) is 35.9 Å². The van der Waals surface area contributed by atoms with Gasteiger partial charge >= 0.3 is 0 Å². The number of aromatic nitrogens is 2. The van der Waals surface area contributed by atoms with Crippen LogP contribution in [0, 0.1) is 13.8 Å². The third kappa shape index (κ3) is 3.25. The Kier molecular flexibility index (Phi) is 4.60. The zero-order chi connectivity index (χ0) is 20.5. The van der Waals surface area contributed by atoms with E-state index in [1.54, 1.807) is 42.5 Å². The number of pyridine rings is 2. The molecule has 2 aromatic carbocycles. The third-order valence-electron chi connectivity index (χ3n) is 4.78. The van der Waals surface area contributed by atoms with Crippen LogP contribution in [0.15, 0.2) is 71.7 Å². The number of amides is 1. The molecular weight excluding hydrogens is 366 g/mol. The van der Waals surface area contributed by atoms with Crippen molar-refractivity contribution < 1.29 is 9.90 Å². The number of aryl methyl sites for hydroxylation is 2. The smallest absolute Gasteiger partial charge is 0.273 e. The largest absolute Gasteiger partial charge is 0.506 e. The van der Waals surface area contributed by atoms with Crippen LogP contribution in [-0.4, -0.2) is 20.6 Å². The van der Waals surface area contributed by atoms with Gasteiger partial charge < -0.3 is 10.4 Å². The summed E-state index contributed by atoms with van der Waals surface area (Å²) in [6.07, 6.45) is 1.54. The van der Waals surface area contributed by atoms with Crippen LogP contribution in [0.5, 0.6) is 5.75 Å². The Labute approximate surface area is 167 Å². The van der Waals surface area contributed by atoms with Gasteiger partial charge in [-0.3, -0.25) is 14.2 Å². The van der Waals surface area contributed by atoms with Crippen molar-refractivity contribution in [2.75, 3.05) is 5.32 Å². The van der Waals surface area contributed by atoms with Crippen LogP contribution < -0.4 is 10.9 Å². The molecular formula is C23H19N3O3. The highest BCUT2D eigenvalue weighted by atomic mass is 16.3. The Morgan fingerprint density at radius 3 is 2.52 bits per heavy atom. The third-order valence-corrected chi connectivity index (χ3v) is 4.78. The summed E-state index contributed by atoms with van der Waals surface area (Å²) in [6.45, 7) is 3.83. The molecule has 6 nitrogen and oxygen atoms in total. The maximum Gasteiger partial charge on any atom is 0.273 e. The van der Waals surface area contributed by atoms with Crippen LogP contribution in [0.2, 0.25) is 0 Å². The molecule has 1 amide bonds. The van der Waals surface area contributed by atoms with Crippen molar-refractivity contribution in [3.05, 3.63) is 93.9 Å². The highest BCUT2D eigenvalue weighted by molar-refractivity contribution is 6.09. The number of nitrogens with zero attached hydrogens (tertiary/aromatic N) is 2. The molecule has 6 heteroatoms. The average molecular weight is 385 g/mol. The molecule has 2 heterocycles. The quantitative estimate of drug-likeness (QED) is 0.559. The molecule has 0 fully saturated rings. The number of anilines is 1. The fraction of sp³-hybridized carbons (Fsp3) is 0.0870. The van der Waals surface area contributed by atoms with Crippen LogP contribution in [0.3, 0.4) is 0 Å². The summed E-state index contributed by atoms with van der Waals surface area (Å²) in [5.41, 5.74) is 2.38. The predicted octanol–water partition coefficient (Wildman–Crippen LogP) is 3.96. The summed E-state index contributed by atoms with van der Waals surface area (Å²) in [5.74, 6) is -1.05. The lowest BCUT2D eigenvalue weighted by molar-refractivity contribution is 0.102. The molecule has 0 bridgehead atoms. The normalized spacial score (nSPS) is 10.8. The van der Waals surface area contributed by atoms with Crippen LogP contribution in [0.4, 0.5) is 5.69 Å². The zero-order valence-electron chi connectivity index (χ0n) is 16.0. The molecule has 0 atom stereocenters. The number of benzene rings is 2. The van der Waals surface area contributed by atoms with Crippen molar-refractivity contribution in [1.29, 1.82) is 0 Å². The van der Waals surface area contributed by atoms with Gasteiger partial charge in [0.15, 0.2) is 5.65 Å². The van der Waals surface area contributed by atoms with E-state index in [4.69, 9.17) is 0 Å². The summed E-state index contributed by atoms with van der Waals surface area (Å²) in [4.78, 5) is 30.6. The van der Waals surface area contributed by atoms with Crippen molar-refractivity contribution in [3.63, 3.8) is 0 Å². The van der Waals surface area contributed by atoms with Gasteiger partial charge in [-0.05, 0) is 49.7 Å². The SMILES string of the molecule is Cc1ccc(NC(=O)c2c(O)c3cccnc3n(-c3ccccc3)c2=O)c(C)c1. The van der Waals surface area contributed by atoms with E-state index in [2.05, 4.69) is 10.3 Å². The van der Waals surface area contributed by atoms with Gasteiger partial charge in [0.25, 0.3) is 11.5 Å². The number of fused-ring (bicyclic) bond motifs is 1. The molecule has 2 aromatic heterocycles. The number of carbonyl (C=O) groups excluding carboxylic acids is 1. The number of para-hydroxylation sites is 1. The van der Waals surface area contributed by atoms with Gasteiger partial charge in [-0.15, -0.1) is 0 Å². The lowest BCUT2D eigenvalue weighted by atomic mass is 10.1. The molecule has 2 N–H and O–H groups in total. The fourth-order valence-electron chi connectivity index (χ4n) is 3.36. The van der Waals surface area contributed by atoms with Gasteiger partial charge in [0.1, 0.15) is 11.3 Å². The van der Waals surface area contributed by atoms with Crippen molar-refractivity contribution in [1.82, 2.24) is 9.55 Å². The van der Waals surface area contributed by atoms with Crippen LogP contribution >= 0.6 is 0 Å². The second-order valence-corrected chi connectivity index (χ2v) is 6.85. The molecule has 4 rings (SSSR count). The van der Waals surface area contributed by atoms with E-state index >= 15 is 0 Å². The van der Waals surface area contributed by atoms with E-state index in [1.165, 1.54) is 10.8 Å². The Hall–Kier alpha value is -3.93. The molecule has 29 heavy (non-hydrogen) atoms. The maximum atomic E-state index is 13.3. The summed E-state index contributed by atoms with van der Waals surface area (Å²) >= 11 is 0. The first-order chi connectivity index (χ1) is 14.0. The first kappa shape index (κ1) is 18.4. The van der Waals surface area contributed by atoms with Crippen LogP contribution in [0.1, 0.15) is 21.5 Å². The van der Waals surface area contributed by atoms with E-state index in [9.17, 15) is 14.7 Å². The fourth-order valence-corrected chi connectivity index (χ4v) is 3.36. The van der Waals surface area contributed by atoms with E-state index in [0.29, 0.717) is 16.8 Å². The molecule has 0 unspecified atom stereocenters. The van der Waals surface area contributed by atoms with Gasteiger partial charge in [-0.25, -0.2) is 4.98 Å². The minimum Gasteiger partial charge on any atom is -0.506 e. The first-order valence-electron chi connectivity index (χ1n) is 9.14. The molecule has 0 aliphatic rings. The molecule has 0 aliphatic carbocycles. The number of hydrogen-bond acceptors (Lipinski definition) is 4. The molecule has 0 saturated carbocycles. The van der Waals surface area contributed by atoms with Crippen molar-refractivity contribution in [2.24, 2.45) is 0 Å². The summed E-state index contributed by atoms with van der Waals surface area (Å²) in [6, 6.07) is 17.8. The molecule has 0 radical (unpaired) electrons. The lowest BCUT2D eigenvalue weighted by Crippen LogP contribution is -2.29. The lowest BCUT2D eigenvalue weighted by Gasteiger charge is -2.15. The standard InChI is InChI=1S/C23H19N3O3/c1-14-10-11-18(15(2)13-14)25-22(28)19-20(27)17-9-6-12-24-21(17)26(23(19)29)16-7-4-3-5-8-16/h3-13,27H,1-2H3,(H,25,28). The van der Waals surface area contributed by atoms with E-state index in [-0.39, 0.29) is 17.0 Å². The van der Waals surface area contributed by atoms with Gasteiger partial charge in [0.2, 0.25) is 0 Å². The number of rotatable bonds is 3. The molecule has 0 spiro atoms. The average Bonchev–Trinajstić information content (AvgIpc) is 2.71. The minimum atomic E-state index is -0.671. The first-order valence-corrected chi connectivity index (χ1v) is 9.14. The van der Waals surface area contributed by atoms with E-state index in [0.717, 1.165) is 11.1 Å². The Balaban J connectivity index is 1.93. The van der Waals surface area contributed by atoms with Crippen molar-refractivity contribution >= 4 is 22.6 Å². The van der Waals surface area contributed by atoms with Gasteiger partial charge in [0.05, 0.1) is 11.1 Å². The van der Waals surface area contributed by atoms with Crippen LogP contribution in [-0.2, 0) is 0 Å². The topological polar surface area (TPSA) is 84.2 Å². The van der Waals surface area contributed by atoms with Crippen molar-refractivity contribution in [3.8, 4) is 11.4 Å². The second kappa shape index (κ2) is 7.24. The summed E-state index contributed by atoms with van der Waals surface area (Å²) < 4.78 is 1.34. The molecule has 4 aromatic rings. The minimum absolute atomic E-state index is 0.282. The summed E-state index contributed by atoms with van der Waals surface area (Å²) in [5, 5.41) is 13.8. The number of carbonyl (C=O) groups is 1. The van der Waals surface area contributed by atoms with Gasteiger partial charge in [0, 0.05) is 11.9 Å². The Morgan fingerprint density at radius 2 is 1.79 bits per heavy atom. The number of aromatic hydroxyl groups is 1. The highest BCUT2D eigenvalue weighted by Crippen LogP contribution is 2.27. The Morgan fingerprint density at radius 1 is 1.03 bits per heavy atom. The zero-order valence-corrected chi connectivity index (χ0v) is 16.0. The van der Waals surface area contributed by atoms with Gasteiger partial charge in [-0.2, -0.15) is 0 Å². The Bertz CT molecular complexity index is 1290. The monoisotopic (exact) mass is 385 g/mol. The predicted molar refractivity (Wildman–Crippen MR) is 113 cm³/mol. The van der Waals surface area contributed by atoms with Crippen molar-refractivity contribution in [2.45, 2.75) is 13.8 Å². The van der Waals surface area contributed by atoms with E-state index in [1.807, 2.05) is 32.0 Å². The van der Waals surface area contributed by atoms with Crippen LogP contribution in [0.25, 0.3) is 16.7 Å². The van der Waals surface area contributed by atoms with E-state index < -0.39 is 11.5 Å². The molecule has 0 aliphatic heterocycles.